The first kappa shape index (κ1) is 26.6. The fraction of sp³-hybridized carbons (Fsp3) is 0.294. The fourth-order valence-electron chi connectivity index (χ4n) is 5.42. The highest BCUT2D eigenvalue weighted by Crippen LogP contribution is 2.43. The van der Waals surface area contributed by atoms with Gasteiger partial charge >= 0.3 is 5.97 Å². The lowest BCUT2D eigenvalue weighted by atomic mass is 9.82. The number of carbonyl (C=O) groups is 1. The minimum Gasteiger partial charge on any atom is -0.462 e. The molecule has 2 unspecified atom stereocenters. The molecule has 5 nitrogen and oxygen atoms in total. The highest BCUT2D eigenvalue weighted by atomic mass is 16.5. The normalized spacial score (nSPS) is 16.6. The zero-order valence-corrected chi connectivity index (χ0v) is 22.6. The zero-order chi connectivity index (χ0) is 27.0. The van der Waals surface area contributed by atoms with E-state index in [-0.39, 0.29) is 18.0 Å². The van der Waals surface area contributed by atoms with Gasteiger partial charge in [-0.15, -0.1) is 0 Å². The Morgan fingerprint density at radius 2 is 1.69 bits per heavy atom. The molecule has 5 rings (SSSR count). The highest BCUT2D eigenvalue weighted by molar-refractivity contribution is 5.89. The van der Waals surface area contributed by atoms with Crippen LogP contribution in [0.1, 0.15) is 66.9 Å². The van der Waals surface area contributed by atoms with Gasteiger partial charge in [0.2, 0.25) is 5.89 Å². The first-order valence-electron chi connectivity index (χ1n) is 13.8. The minimum atomic E-state index is -0.324. The van der Waals surface area contributed by atoms with Gasteiger partial charge in [0, 0.05) is 29.7 Å². The van der Waals surface area contributed by atoms with E-state index in [9.17, 15) is 4.79 Å². The minimum absolute atomic E-state index is 0.0126. The maximum Gasteiger partial charge on any atom is 0.338 e. The first-order chi connectivity index (χ1) is 19.2. The first-order valence-corrected chi connectivity index (χ1v) is 13.8. The van der Waals surface area contributed by atoms with Gasteiger partial charge in [-0.25, -0.2) is 9.78 Å². The molecule has 0 amide bonds. The second-order valence-electron chi connectivity index (χ2n) is 9.84. The Kier molecular flexibility index (Phi) is 8.69. The second-order valence-corrected chi connectivity index (χ2v) is 9.84. The van der Waals surface area contributed by atoms with Gasteiger partial charge < -0.3 is 13.9 Å². The molecule has 1 heterocycles. The van der Waals surface area contributed by atoms with Crippen molar-refractivity contribution in [1.82, 2.24) is 4.98 Å². The Morgan fingerprint density at radius 1 is 0.949 bits per heavy atom. The highest BCUT2D eigenvalue weighted by Gasteiger charge is 2.32. The third-order valence-electron chi connectivity index (χ3n) is 7.29. The summed E-state index contributed by atoms with van der Waals surface area (Å²) in [5.41, 5.74) is 5.36. The lowest BCUT2D eigenvalue weighted by Gasteiger charge is -2.29. The van der Waals surface area contributed by atoms with E-state index >= 15 is 0 Å². The maximum atomic E-state index is 12.5. The predicted molar refractivity (Wildman–Crippen MR) is 154 cm³/mol. The van der Waals surface area contributed by atoms with Gasteiger partial charge in [0.05, 0.1) is 18.3 Å². The number of hydrogen-bond donors (Lipinski definition) is 0. The number of esters is 1. The third-order valence-corrected chi connectivity index (χ3v) is 7.29. The van der Waals surface area contributed by atoms with Crippen molar-refractivity contribution in [3.8, 4) is 22.6 Å². The average molecular weight is 522 g/mol. The predicted octanol–water partition coefficient (Wildman–Crippen LogP) is 8.54. The second kappa shape index (κ2) is 12.7. The van der Waals surface area contributed by atoms with Gasteiger partial charge in [-0.3, -0.25) is 0 Å². The van der Waals surface area contributed by atoms with Crippen LogP contribution < -0.4 is 0 Å². The van der Waals surface area contributed by atoms with E-state index in [1.54, 1.807) is 13.2 Å². The molecule has 200 valence electrons. The standard InChI is InChI=1S/C34H35NO4/c1-3-38-34(36)27-20-14-19-26(23-27)31(37-2)28-21-12-4-5-13-22-29(28)33-35-30(24-15-8-6-9-16-24)32(39-33)25-17-10-7-11-18-25/h6-11,14-20,22-23,28,31H,3-5,12-13,21H2,1-2H3. The van der Waals surface area contributed by atoms with Crippen molar-refractivity contribution in [2.75, 3.05) is 13.7 Å². The molecule has 2 atom stereocenters. The summed E-state index contributed by atoms with van der Waals surface area (Å²) in [6.07, 6.45) is 7.26. The van der Waals surface area contributed by atoms with Crippen molar-refractivity contribution in [2.45, 2.75) is 45.1 Å². The number of benzene rings is 3. The van der Waals surface area contributed by atoms with Gasteiger partial charge in [-0.2, -0.15) is 0 Å². The maximum absolute atomic E-state index is 12.5. The van der Waals surface area contributed by atoms with E-state index < -0.39 is 0 Å². The topological polar surface area (TPSA) is 61.6 Å². The fourth-order valence-corrected chi connectivity index (χ4v) is 5.42. The lowest BCUT2D eigenvalue weighted by molar-refractivity contribution is 0.0523. The summed E-state index contributed by atoms with van der Waals surface area (Å²) in [5.74, 6) is 1.08. The number of hydrogen-bond acceptors (Lipinski definition) is 5. The number of allylic oxidation sites excluding steroid dienone is 1. The van der Waals surface area contributed by atoms with Crippen molar-refractivity contribution in [2.24, 2.45) is 5.92 Å². The number of carbonyl (C=O) groups excluding carboxylic acids is 1. The third kappa shape index (κ3) is 6.04. The molecule has 0 bridgehead atoms. The molecular formula is C34H35NO4. The molecule has 0 spiro atoms. The van der Waals surface area contributed by atoms with E-state index in [0.717, 1.165) is 65.8 Å². The Hall–Kier alpha value is -3.96. The van der Waals surface area contributed by atoms with Crippen LogP contribution in [0.3, 0.4) is 0 Å². The van der Waals surface area contributed by atoms with E-state index in [0.29, 0.717) is 18.1 Å². The number of methoxy groups -OCH3 is 1. The monoisotopic (exact) mass is 521 g/mol. The molecule has 0 saturated carbocycles. The van der Waals surface area contributed by atoms with Gasteiger partial charge in [-0.05, 0) is 43.9 Å². The number of ether oxygens (including phenoxy) is 2. The molecule has 0 saturated heterocycles. The summed E-state index contributed by atoms with van der Waals surface area (Å²) in [5, 5.41) is 0. The molecule has 1 aromatic heterocycles. The molecular weight excluding hydrogens is 486 g/mol. The van der Waals surface area contributed by atoms with Crippen LogP contribution in [-0.2, 0) is 9.47 Å². The Balaban J connectivity index is 1.59. The molecule has 1 aliphatic rings. The van der Waals surface area contributed by atoms with Crippen molar-refractivity contribution < 1.29 is 18.7 Å². The van der Waals surface area contributed by atoms with Crippen LogP contribution in [0.5, 0.6) is 0 Å². The van der Waals surface area contributed by atoms with Crippen LogP contribution in [0.15, 0.2) is 95.4 Å². The molecule has 0 aliphatic heterocycles. The molecule has 0 N–H and O–H groups in total. The molecule has 5 heteroatoms. The van der Waals surface area contributed by atoms with Gasteiger partial charge in [0.1, 0.15) is 5.69 Å². The van der Waals surface area contributed by atoms with Crippen molar-refractivity contribution in [3.05, 3.63) is 108 Å². The summed E-state index contributed by atoms with van der Waals surface area (Å²) in [4.78, 5) is 17.6. The van der Waals surface area contributed by atoms with Crippen LogP contribution in [0.25, 0.3) is 28.2 Å². The van der Waals surface area contributed by atoms with Crippen LogP contribution >= 0.6 is 0 Å². The summed E-state index contributed by atoms with van der Waals surface area (Å²) >= 11 is 0. The van der Waals surface area contributed by atoms with E-state index in [1.807, 2.05) is 61.5 Å². The van der Waals surface area contributed by atoms with Gasteiger partial charge in [-0.1, -0.05) is 91.7 Å². The Morgan fingerprint density at radius 3 is 2.41 bits per heavy atom. The van der Waals surface area contributed by atoms with Crippen molar-refractivity contribution in [3.63, 3.8) is 0 Å². The Bertz CT molecular complexity index is 1350. The quantitative estimate of drug-likeness (QED) is 0.217. The zero-order valence-electron chi connectivity index (χ0n) is 22.6. The van der Waals surface area contributed by atoms with Crippen LogP contribution in [-0.4, -0.2) is 24.7 Å². The molecule has 3 aromatic carbocycles. The number of nitrogens with zero attached hydrogens (tertiary/aromatic N) is 1. The summed E-state index contributed by atoms with van der Waals surface area (Å²) in [6, 6.07) is 27.9. The SMILES string of the molecule is CCOC(=O)c1cccc(C(OC)C2CCCCCC=C2c2nc(-c3ccccc3)c(-c3ccccc3)o2)c1. The van der Waals surface area contributed by atoms with E-state index in [2.05, 4.69) is 30.3 Å². The van der Waals surface area contributed by atoms with Crippen LogP contribution in [0.2, 0.25) is 0 Å². The van der Waals surface area contributed by atoms with Crippen molar-refractivity contribution >= 4 is 11.5 Å². The van der Waals surface area contributed by atoms with Crippen LogP contribution in [0.4, 0.5) is 0 Å². The summed E-state index contributed by atoms with van der Waals surface area (Å²) in [7, 11) is 1.73. The number of rotatable bonds is 8. The molecule has 0 fully saturated rings. The Labute approximate surface area is 230 Å². The smallest absolute Gasteiger partial charge is 0.338 e. The van der Waals surface area contributed by atoms with E-state index in [1.165, 1.54) is 0 Å². The summed E-state index contributed by atoms with van der Waals surface area (Å²) in [6.45, 7) is 2.15. The molecule has 4 aromatic rings. The van der Waals surface area contributed by atoms with Gasteiger partial charge in [0.15, 0.2) is 5.76 Å². The number of aromatic nitrogens is 1. The lowest BCUT2D eigenvalue weighted by Crippen LogP contribution is -2.19. The largest absolute Gasteiger partial charge is 0.462 e. The summed E-state index contributed by atoms with van der Waals surface area (Å²) < 4.78 is 18.1. The molecule has 0 radical (unpaired) electrons. The van der Waals surface area contributed by atoms with Gasteiger partial charge in [0.25, 0.3) is 0 Å². The number of oxazole rings is 1. The molecule has 39 heavy (non-hydrogen) atoms. The van der Waals surface area contributed by atoms with Crippen LogP contribution in [0, 0.1) is 5.92 Å². The van der Waals surface area contributed by atoms with Crippen molar-refractivity contribution in [1.29, 1.82) is 0 Å². The molecule has 1 aliphatic carbocycles. The van der Waals surface area contributed by atoms with E-state index in [4.69, 9.17) is 18.9 Å². The average Bonchev–Trinajstić information content (AvgIpc) is 3.41.